The van der Waals surface area contributed by atoms with Crippen LogP contribution in [0, 0.1) is 12.7 Å². The Labute approximate surface area is 583 Å². The number of aromatic nitrogens is 2. The van der Waals surface area contributed by atoms with Gasteiger partial charge in [0.2, 0.25) is 47.3 Å². The van der Waals surface area contributed by atoms with Gasteiger partial charge in [0.25, 0.3) is 5.91 Å². The minimum Gasteiger partial charge on any atom is -0.497 e. The molecule has 27 heteroatoms. The number of halogens is 1. The molecule has 4 aromatic carbocycles. The van der Waals surface area contributed by atoms with Crippen molar-refractivity contribution in [2.75, 3.05) is 51.8 Å². The van der Waals surface area contributed by atoms with Crippen molar-refractivity contribution < 1.29 is 52.3 Å². The highest BCUT2D eigenvalue weighted by molar-refractivity contribution is 7.98. The van der Waals surface area contributed by atoms with E-state index < -0.39 is 77.6 Å². The molecule has 0 saturated carbocycles. The van der Waals surface area contributed by atoms with Crippen LogP contribution in [0.4, 0.5) is 4.39 Å². The van der Waals surface area contributed by atoms with Gasteiger partial charge in [-0.25, -0.2) is 10.2 Å². The van der Waals surface area contributed by atoms with E-state index in [1.165, 1.54) is 28.9 Å². The van der Waals surface area contributed by atoms with Crippen molar-refractivity contribution in [3.63, 3.8) is 0 Å². The van der Waals surface area contributed by atoms with Gasteiger partial charge in [-0.05, 0) is 147 Å². The number of carbonyl (C=O) groups excluding carboxylic acids is 9. The number of primary amides is 1. The van der Waals surface area contributed by atoms with Crippen molar-refractivity contribution in [2.45, 2.75) is 158 Å². The number of benzene rings is 4. The molecule has 6 aromatic rings. The lowest BCUT2D eigenvalue weighted by atomic mass is 10.00. The van der Waals surface area contributed by atoms with Crippen LogP contribution in [0.1, 0.15) is 111 Å². The average molecular weight is 1400 g/mol. The fourth-order valence-electron chi connectivity index (χ4n) is 13.0. The Balaban J connectivity index is 0.859. The quantitative estimate of drug-likeness (QED) is 0.00846. The number of fused-ring (bicyclic) bond motifs is 2. The first kappa shape index (κ1) is 75.7. The van der Waals surface area contributed by atoms with Gasteiger partial charge in [0, 0.05) is 123 Å². The molecule has 23 nitrogen and oxygen atoms in total. The van der Waals surface area contributed by atoms with Crippen molar-refractivity contribution in [2.24, 2.45) is 24.4 Å². The van der Waals surface area contributed by atoms with E-state index in [0.29, 0.717) is 122 Å². The number of unbranched alkanes of at least 4 members (excludes halogenated alkanes) is 1. The monoisotopic (exact) mass is 1400 g/mol. The molecular weight excluding hydrogens is 1310 g/mol. The van der Waals surface area contributed by atoms with Gasteiger partial charge in [0.05, 0.1) is 7.11 Å². The Hall–Kier alpha value is -8.03. The molecule has 2 aromatic heterocycles. The summed E-state index contributed by atoms with van der Waals surface area (Å²) in [6.07, 6.45) is 7.81. The van der Waals surface area contributed by atoms with Crippen molar-refractivity contribution in [1.29, 1.82) is 0 Å². The summed E-state index contributed by atoms with van der Waals surface area (Å²) in [6, 6.07) is 16.1. The second-order valence-corrected chi connectivity index (χ2v) is 28.4. The van der Waals surface area contributed by atoms with E-state index >= 15 is 4.79 Å². The van der Waals surface area contributed by atoms with Gasteiger partial charge in [-0.3, -0.25) is 48.2 Å². The predicted molar refractivity (Wildman–Crippen MR) is 385 cm³/mol. The number of nitrogens with two attached hydrogens (primary N) is 3. The van der Waals surface area contributed by atoms with E-state index in [-0.39, 0.29) is 62.3 Å². The molecule has 9 amide bonds. The molecule has 528 valence electrons. The van der Waals surface area contributed by atoms with Crippen LogP contribution in [0.5, 0.6) is 5.75 Å². The van der Waals surface area contributed by atoms with Crippen molar-refractivity contribution >= 4 is 113 Å². The van der Waals surface area contributed by atoms with Crippen molar-refractivity contribution in [1.82, 2.24) is 50.5 Å². The molecule has 2 fully saturated rings. The summed E-state index contributed by atoms with van der Waals surface area (Å²) in [6.45, 7) is 6.76. The number of aryl methyl sites for hydroxylation is 2. The normalized spacial score (nSPS) is 16.1. The lowest BCUT2D eigenvalue weighted by Gasteiger charge is -2.34. The van der Waals surface area contributed by atoms with E-state index in [9.17, 15) is 42.7 Å². The molecule has 8 atom stereocenters. The second-order valence-electron chi connectivity index (χ2n) is 25.5. The number of hydrogen-bond donors (Lipinski definition) is 8. The second kappa shape index (κ2) is 36.2. The van der Waals surface area contributed by atoms with Crippen LogP contribution in [0.25, 0.3) is 21.8 Å². The van der Waals surface area contributed by atoms with Gasteiger partial charge in [-0.15, -0.1) is 9.24 Å². The van der Waals surface area contributed by atoms with Gasteiger partial charge in [-0.1, -0.05) is 48.9 Å². The number of hydrazine groups is 1. The molecule has 98 heavy (non-hydrogen) atoms. The van der Waals surface area contributed by atoms with E-state index in [4.69, 9.17) is 22.0 Å². The number of hydrogen-bond acceptors (Lipinski definition) is 14. The number of carbonyl (C=O) groups is 9. The van der Waals surface area contributed by atoms with Gasteiger partial charge in [-0.2, -0.15) is 23.5 Å². The van der Waals surface area contributed by atoms with Crippen LogP contribution in [-0.4, -0.2) is 177 Å². The number of H-pyrrole nitrogens is 1. The molecule has 4 heterocycles. The van der Waals surface area contributed by atoms with Crippen LogP contribution in [0.3, 0.4) is 0 Å². The summed E-state index contributed by atoms with van der Waals surface area (Å²) in [7, 11) is 7.54. The molecule has 2 aliphatic heterocycles. The summed E-state index contributed by atoms with van der Waals surface area (Å²) < 4.78 is 22.0. The largest absolute Gasteiger partial charge is 0.497 e. The maximum atomic E-state index is 15.2. The molecule has 2 unspecified atom stereocenters. The number of thioether (sulfide) groups is 2. The van der Waals surface area contributed by atoms with Gasteiger partial charge in [0.1, 0.15) is 53.9 Å². The fraction of sp³-hybridized carbons (Fsp3) is 0.479. The van der Waals surface area contributed by atoms with Crippen LogP contribution >= 0.6 is 32.8 Å². The number of aromatic amines is 1. The summed E-state index contributed by atoms with van der Waals surface area (Å²) in [5.74, 6) is 4.84. The Morgan fingerprint density at radius 2 is 1.46 bits per heavy atom. The summed E-state index contributed by atoms with van der Waals surface area (Å²) >= 11 is 3.26. The van der Waals surface area contributed by atoms with Gasteiger partial charge >= 0.3 is 0 Å². The minimum absolute atomic E-state index is 0.0890. The summed E-state index contributed by atoms with van der Waals surface area (Å²) in [4.78, 5) is 133. The predicted octanol–water partition coefficient (Wildman–Crippen LogP) is 5.09. The number of nitrogens with one attached hydrogen (secondary N) is 5. The zero-order valence-electron chi connectivity index (χ0n) is 56.9. The third-order valence-corrected chi connectivity index (χ3v) is 20.6. The first-order valence-electron chi connectivity index (χ1n) is 33.6. The maximum Gasteiger partial charge on any atom is 0.260 e. The molecule has 0 spiro atoms. The van der Waals surface area contributed by atoms with Crippen molar-refractivity contribution in [3.05, 3.63) is 130 Å². The van der Waals surface area contributed by atoms with Crippen LogP contribution in [0.2, 0.25) is 0 Å². The molecule has 2 aliphatic rings. The Morgan fingerprint density at radius 3 is 2.14 bits per heavy atom. The standard InChI is InChI=1S/C71H95FN13O10PS2/c1-7-12-63(86)79-56(34-45-16-19-51(95-6)20-17-45)69(92)84-28-11-15-61(84)67(90)76-26-30-98-42-47-32-43(2)31-46(33-47)41-97-29-24-64(87)82(5)60(13-8-9-25-73)68(91)78-44(3)66(89)80-57(35-49-40-81(4)58-23-18-50(72)37-54(49)58)70(93)85(75)62(71(94)83-27-10-14-59(83)65(74)88)36-48-39-77-55-22-21-52(96)38-53(48)55/h16-23,31-33,37-40,44,56-57,59-62,77H,7-15,24-30,34-36,41-42,73,75,96H2,1-6H3,(H2,74,88)(H,76,90)(H,78,91)(H,79,86)(H,80,89)/t44-,56+,57+,59+,60+,61?,62+/m1/s1. The molecule has 0 aliphatic carbocycles. The number of likely N-dealkylation sites (N-methyl/N-ethyl adjacent to an activating group) is 1. The molecule has 0 radical (unpaired) electrons. The van der Waals surface area contributed by atoms with Crippen LogP contribution in [0.15, 0.2) is 91.3 Å². The summed E-state index contributed by atoms with van der Waals surface area (Å²) in [5.41, 5.74) is 18.3. The number of amides is 9. The zero-order chi connectivity index (χ0) is 70.7. The molecule has 8 rings (SSSR count). The highest BCUT2D eigenvalue weighted by atomic mass is 32.2. The SMILES string of the molecule is CCCC(=O)N[C@@H](Cc1ccc(OC)cc1)C(=O)N1CCCC1C(=O)NCCSCc1cc(C)cc(CSCCC(=O)N(C)[C@@H](CCCCN)C(=O)N[C@H](C)C(=O)N[C@@H](Cc2cn(C)c3ccc(F)cc23)C(=O)N(N)[C@@H](Cc2c[nH]c3ccc(P)cc23)C(=O)N2CCC[C@H]2C(N)=O)c1. The summed E-state index contributed by atoms with van der Waals surface area (Å²) in [5, 5.41) is 14.5. The highest BCUT2D eigenvalue weighted by Crippen LogP contribution is 2.29. The van der Waals surface area contributed by atoms with Crippen LogP contribution in [-0.2, 0) is 81.0 Å². The van der Waals surface area contributed by atoms with E-state index in [1.54, 1.807) is 72.7 Å². The van der Waals surface area contributed by atoms with Crippen LogP contribution < -0.4 is 48.6 Å². The number of ether oxygens (including phenoxy) is 1. The molecule has 2 saturated heterocycles. The zero-order valence-corrected chi connectivity index (χ0v) is 59.7. The average Bonchev–Trinajstić information content (AvgIpc) is 1.60. The molecule has 11 N–H and O–H groups in total. The smallest absolute Gasteiger partial charge is 0.260 e. The number of nitrogens with zero attached hydrogens (tertiary/aromatic N) is 5. The topological polar surface area (TPSA) is 323 Å². The number of methoxy groups -OCH3 is 1. The lowest BCUT2D eigenvalue weighted by Crippen LogP contribution is -2.62. The third kappa shape index (κ3) is 20.1. The Morgan fingerprint density at radius 1 is 0.765 bits per heavy atom. The first-order chi connectivity index (χ1) is 47.0. The highest BCUT2D eigenvalue weighted by Gasteiger charge is 2.42. The Kier molecular flexibility index (Phi) is 28.0. The molecule has 0 bridgehead atoms. The lowest BCUT2D eigenvalue weighted by molar-refractivity contribution is -0.149. The Bertz CT molecular complexity index is 3820. The minimum atomic E-state index is -1.48. The van der Waals surface area contributed by atoms with Crippen molar-refractivity contribution in [3.8, 4) is 5.75 Å². The molecular formula is C71H95FN13O10PS2. The van der Waals surface area contributed by atoms with E-state index in [2.05, 4.69) is 53.7 Å². The number of rotatable bonds is 35. The maximum absolute atomic E-state index is 15.2. The van der Waals surface area contributed by atoms with Gasteiger partial charge < -0.3 is 61.7 Å². The fourth-order valence-corrected chi connectivity index (χ4v) is 14.9. The van der Waals surface area contributed by atoms with Gasteiger partial charge in [0.15, 0.2) is 0 Å². The third-order valence-electron chi connectivity index (χ3n) is 18.2. The van der Waals surface area contributed by atoms with E-state index in [1.807, 2.05) is 56.3 Å². The first-order valence-corrected chi connectivity index (χ1v) is 36.5. The number of likely N-dealkylation sites (tertiary alicyclic amines) is 2. The van der Waals surface area contributed by atoms with E-state index in [0.717, 1.165) is 43.5 Å².